The quantitative estimate of drug-likeness (QED) is 0.907. The minimum Gasteiger partial charge on any atom is -0.362 e. The summed E-state index contributed by atoms with van der Waals surface area (Å²) in [4.78, 5) is 4.68. The third-order valence-corrected chi connectivity index (χ3v) is 5.23. The van der Waals surface area contributed by atoms with Crippen LogP contribution < -0.4 is 5.32 Å². The van der Waals surface area contributed by atoms with E-state index in [1.807, 2.05) is 36.0 Å². The zero-order valence-corrected chi connectivity index (χ0v) is 12.3. The molecule has 2 fully saturated rings. The van der Waals surface area contributed by atoms with Crippen LogP contribution in [-0.4, -0.2) is 17.0 Å². The first-order chi connectivity index (χ1) is 9.85. The van der Waals surface area contributed by atoms with E-state index in [2.05, 4.69) is 16.4 Å². The van der Waals surface area contributed by atoms with Crippen LogP contribution in [0.5, 0.6) is 0 Å². The number of hydrogen-bond donors (Lipinski definition) is 1. The van der Waals surface area contributed by atoms with Crippen molar-refractivity contribution in [1.82, 2.24) is 5.32 Å². The Bertz CT molecular complexity index is 547. The molecule has 104 valence electrons. The Kier molecular flexibility index (Phi) is 4.27. The predicted molar refractivity (Wildman–Crippen MR) is 83.6 cm³/mol. The lowest BCUT2D eigenvalue weighted by Crippen LogP contribution is -2.46. The summed E-state index contributed by atoms with van der Waals surface area (Å²) in [6, 6.07) is 10.5. The molecule has 2 atom stereocenters. The highest BCUT2D eigenvalue weighted by molar-refractivity contribution is 8.13. The zero-order valence-electron chi connectivity index (χ0n) is 11.5. The largest absolute Gasteiger partial charge is 0.362 e. The molecule has 3 rings (SSSR count). The molecule has 20 heavy (non-hydrogen) atoms. The van der Waals surface area contributed by atoms with Crippen molar-refractivity contribution in [1.29, 1.82) is 5.26 Å². The van der Waals surface area contributed by atoms with Crippen LogP contribution in [0.4, 0.5) is 0 Å². The molecule has 4 heteroatoms. The molecule has 2 aliphatic rings. The molecule has 1 saturated heterocycles. The van der Waals surface area contributed by atoms with Gasteiger partial charge in [0.15, 0.2) is 5.17 Å². The van der Waals surface area contributed by atoms with E-state index < -0.39 is 0 Å². The maximum atomic E-state index is 8.91. The number of hydrogen-bond acceptors (Lipinski definition) is 3. The number of benzene rings is 1. The second-order valence-electron chi connectivity index (χ2n) is 5.54. The van der Waals surface area contributed by atoms with E-state index in [1.165, 1.54) is 31.4 Å². The summed E-state index contributed by atoms with van der Waals surface area (Å²) in [5, 5.41) is 13.6. The number of rotatable bonds is 2. The molecule has 1 aromatic carbocycles. The minimum absolute atomic E-state index is 0.634. The minimum atomic E-state index is 0.634. The van der Waals surface area contributed by atoms with Gasteiger partial charge in [-0.3, -0.25) is 4.99 Å². The summed E-state index contributed by atoms with van der Waals surface area (Å²) in [6.07, 6.45) is 5.38. The van der Waals surface area contributed by atoms with E-state index in [0.717, 1.165) is 16.6 Å². The lowest BCUT2D eigenvalue weighted by atomic mass is 9.86. The first kappa shape index (κ1) is 13.5. The molecule has 0 radical (unpaired) electrons. The zero-order chi connectivity index (χ0) is 13.8. The Morgan fingerprint density at radius 2 is 2.25 bits per heavy atom. The van der Waals surface area contributed by atoms with E-state index >= 15 is 0 Å². The highest BCUT2D eigenvalue weighted by atomic mass is 32.2. The molecular weight excluding hydrogens is 266 g/mol. The lowest BCUT2D eigenvalue weighted by molar-refractivity contribution is 0.311. The standard InChI is InChI=1S/C16H19N3S/c17-9-12-4-3-5-13(8-12)10-18-16-19-15-7-2-1-6-14(15)11-20-16/h3-5,8,14-15H,1-2,6-7,10-11H2,(H,18,19). The summed E-state index contributed by atoms with van der Waals surface area (Å²) in [5.74, 6) is 2.03. The van der Waals surface area contributed by atoms with Crippen LogP contribution in [0.25, 0.3) is 0 Å². The van der Waals surface area contributed by atoms with Crippen LogP contribution >= 0.6 is 11.8 Å². The van der Waals surface area contributed by atoms with Gasteiger partial charge < -0.3 is 5.32 Å². The van der Waals surface area contributed by atoms with Gasteiger partial charge in [-0.25, -0.2) is 0 Å². The van der Waals surface area contributed by atoms with Gasteiger partial charge in [-0.15, -0.1) is 0 Å². The molecule has 1 saturated carbocycles. The molecular formula is C16H19N3S. The second-order valence-corrected chi connectivity index (χ2v) is 6.55. The molecule has 0 bridgehead atoms. The van der Waals surface area contributed by atoms with E-state index in [1.54, 1.807) is 0 Å². The van der Waals surface area contributed by atoms with E-state index in [4.69, 9.17) is 5.26 Å². The van der Waals surface area contributed by atoms with Crippen LogP contribution in [0, 0.1) is 17.2 Å². The molecule has 1 N–H and O–H groups in total. The van der Waals surface area contributed by atoms with Crippen LogP contribution in [0.2, 0.25) is 0 Å². The van der Waals surface area contributed by atoms with Gasteiger partial charge in [0, 0.05) is 11.8 Å². The van der Waals surface area contributed by atoms with Crippen molar-refractivity contribution in [3.05, 3.63) is 35.4 Å². The Hall–Kier alpha value is -1.47. The third-order valence-electron chi connectivity index (χ3n) is 4.11. The molecule has 0 amide bonds. The van der Waals surface area contributed by atoms with Crippen molar-refractivity contribution in [2.24, 2.45) is 10.9 Å². The number of fused-ring (bicyclic) bond motifs is 1. The number of aliphatic imine (C=N–C) groups is 1. The Morgan fingerprint density at radius 3 is 3.15 bits per heavy atom. The van der Waals surface area contributed by atoms with Gasteiger partial charge in [0.2, 0.25) is 0 Å². The molecule has 3 nitrogen and oxygen atoms in total. The van der Waals surface area contributed by atoms with Gasteiger partial charge in [-0.05, 0) is 36.5 Å². The highest BCUT2D eigenvalue weighted by Gasteiger charge is 2.29. The van der Waals surface area contributed by atoms with E-state index in [-0.39, 0.29) is 0 Å². The monoisotopic (exact) mass is 285 g/mol. The molecule has 1 heterocycles. The maximum absolute atomic E-state index is 8.91. The number of thioether (sulfide) groups is 1. The van der Waals surface area contributed by atoms with Crippen molar-refractivity contribution in [2.45, 2.75) is 38.3 Å². The van der Waals surface area contributed by atoms with Gasteiger partial charge in [-0.2, -0.15) is 5.26 Å². The van der Waals surface area contributed by atoms with Crippen LogP contribution in [0.15, 0.2) is 29.3 Å². The highest BCUT2D eigenvalue weighted by Crippen LogP contribution is 2.31. The van der Waals surface area contributed by atoms with Gasteiger partial charge in [0.1, 0.15) is 0 Å². The van der Waals surface area contributed by atoms with Crippen molar-refractivity contribution in [2.75, 3.05) is 5.75 Å². The summed E-state index contributed by atoms with van der Waals surface area (Å²) in [5.41, 5.74) is 1.81. The van der Waals surface area contributed by atoms with Gasteiger partial charge in [-0.1, -0.05) is 36.7 Å². The molecule has 2 unspecified atom stereocenters. The fraction of sp³-hybridized carbons (Fsp3) is 0.500. The average Bonchev–Trinajstić information content (AvgIpc) is 2.53. The Morgan fingerprint density at radius 1 is 1.35 bits per heavy atom. The lowest BCUT2D eigenvalue weighted by Gasteiger charge is -2.36. The Balaban J connectivity index is 1.63. The van der Waals surface area contributed by atoms with Gasteiger partial charge in [0.05, 0.1) is 18.2 Å². The van der Waals surface area contributed by atoms with Crippen molar-refractivity contribution in [3.8, 4) is 6.07 Å². The average molecular weight is 285 g/mol. The van der Waals surface area contributed by atoms with Crippen molar-refractivity contribution in [3.63, 3.8) is 0 Å². The van der Waals surface area contributed by atoms with Crippen molar-refractivity contribution >= 4 is 16.9 Å². The summed E-state index contributed by atoms with van der Waals surface area (Å²) >= 11 is 1.85. The number of nitrogens with zero attached hydrogens (tertiary/aromatic N) is 2. The van der Waals surface area contributed by atoms with E-state index in [0.29, 0.717) is 18.2 Å². The SMILES string of the molecule is N#Cc1cccc(CN=C2NC3CCCCC3CS2)c1. The molecule has 1 aromatic rings. The maximum Gasteiger partial charge on any atom is 0.157 e. The molecule has 0 spiro atoms. The molecule has 1 aliphatic carbocycles. The smallest absolute Gasteiger partial charge is 0.157 e. The predicted octanol–water partition coefficient (Wildman–Crippen LogP) is 3.31. The van der Waals surface area contributed by atoms with Crippen molar-refractivity contribution < 1.29 is 0 Å². The summed E-state index contributed by atoms with van der Waals surface area (Å²) in [7, 11) is 0. The molecule has 1 aliphatic heterocycles. The number of amidine groups is 1. The topological polar surface area (TPSA) is 48.2 Å². The van der Waals surface area contributed by atoms with Crippen LogP contribution in [0.3, 0.4) is 0 Å². The third kappa shape index (κ3) is 3.16. The molecule has 0 aromatic heterocycles. The first-order valence-electron chi connectivity index (χ1n) is 7.28. The summed E-state index contributed by atoms with van der Waals surface area (Å²) < 4.78 is 0. The van der Waals surface area contributed by atoms with Crippen LogP contribution in [0.1, 0.15) is 36.8 Å². The fourth-order valence-corrected chi connectivity index (χ4v) is 4.14. The normalized spacial score (nSPS) is 27.4. The van der Waals surface area contributed by atoms with E-state index in [9.17, 15) is 0 Å². The van der Waals surface area contributed by atoms with Gasteiger partial charge >= 0.3 is 0 Å². The van der Waals surface area contributed by atoms with Gasteiger partial charge in [0.25, 0.3) is 0 Å². The fourth-order valence-electron chi connectivity index (χ4n) is 2.98. The second kappa shape index (κ2) is 6.32. The first-order valence-corrected chi connectivity index (χ1v) is 8.26. The summed E-state index contributed by atoms with van der Waals surface area (Å²) in [6.45, 7) is 0.655. The Labute approximate surface area is 124 Å². The number of nitriles is 1. The number of nitrogens with one attached hydrogen (secondary N) is 1. The van der Waals surface area contributed by atoms with Crippen LogP contribution in [-0.2, 0) is 6.54 Å².